The summed E-state index contributed by atoms with van der Waals surface area (Å²) in [5.41, 5.74) is 1.38. The molecule has 6 nitrogen and oxygen atoms in total. The van der Waals surface area contributed by atoms with Gasteiger partial charge in [0.15, 0.2) is 5.76 Å². The van der Waals surface area contributed by atoms with Crippen LogP contribution in [0.25, 0.3) is 0 Å². The van der Waals surface area contributed by atoms with Gasteiger partial charge in [0, 0.05) is 11.3 Å². The molecule has 0 radical (unpaired) electrons. The zero-order valence-electron chi connectivity index (χ0n) is 16.9. The van der Waals surface area contributed by atoms with Crippen molar-refractivity contribution in [2.24, 2.45) is 11.8 Å². The Hall–Kier alpha value is -2.12. The molecule has 28 heavy (non-hydrogen) atoms. The van der Waals surface area contributed by atoms with Crippen LogP contribution in [0, 0.1) is 11.8 Å². The van der Waals surface area contributed by atoms with E-state index in [1.165, 1.54) is 17.6 Å². The van der Waals surface area contributed by atoms with Crippen LogP contribution >= 0.6 is 11.3 Å². The first-order chi connectivity index (χ1) is 13.3. The first-order valence-electron chi connectivity index (χ1n) is 9.66. The normalized spacial score (nSPS) is 19.0. The second-order valence-electron chi connectivity index (χ2n) is 7.59. The summed E-state index contributed by atoms with van der Waals surface area (Å²) in [5, 5.41) is 3.33. The second kappa shape index (κ2) is 8.49. The number of thiophene rings is 1. The maximum absolute atomic E-state index is 12.8. The highest BCUT2D eigenvalue weighted by atomic mass is 32.1. The molecule has 2 aromatic heterocycles. The van der Waals surface area contributed by atoms with Crippen molar-refractivity contribution in [1.29, 1.82) is 0 Å². The van der Waals surface area contributed by atoms with Crippen molar-refractivity contribution in [3.63, 3.8) is 0 Å². The van der Waals surface area contributed by atoms with Crippen LogP contribution < -0.4 is 5.32 Å². The van der Waals surface area contributed by atoms with Gasteiger partial charge < -0.3 is 19.2 Å². The topological polar surface area (TPSA) is 77.8 Å². The standard InChI is InChI=1S/C21H27NO5S/c1-6-25-21(24)16-13-10-15(11(2)3)27-17(12(4)5)18(13)28-20(16)22-19(23)14-8-7-9-26-14/h7-9,11-12,15,17H,6,10H2,1-5H3,(H,22,23)/t15-,17+/m0/s1. The smallest absolute Gasteiger partial charge is 0.341 e. The molecule has 0 bridgehead atoms. The van der Waals surface area contributed by atoms with Crippen molar-refractivity contribution in [2.45, 2.75) is 53.2 Å². The van der Waals surface area contributed by atoms with Gasteiger partial charge in [-0.05, 0) is 36.5 Å². The van der Waals surface area contributed by atoms with E-state index in [1.54, 1.807) is 19.1 Å². The molecular weight excluding hydrogens is 378 g/mol. The molecule has 1 aliphatic heterocycles. The molecule has 0 spiro atoms. The summed E-state index contributed by atoms with van der Waals surface area (Å²) in [4.78, 5) is 26.3. The van der Waals surface area contributed by atoms with E-state index in [-0.39, 0.29) is 30.5 Å². The van der Waals surface area contributed by atoms with Gasteiger partial charge >= 0.3 is 5.97 Å². The third kappa shape index (κ3) is 4.00. The summed E-state index contributed by atoms with van der Waals surface area (Å²) < 4.78 is 16.8. The number of fused-ring (bicyclic) bond motifs is 1. The predicted octanol–water partition coefficient (Wildman–Crippen LogP) is 5.06. The number of esters is 1. The van der Waals surface area contributed by atoms with Crippen molar-refractivity contribution in [2.75, 3.05) is 11.9 Å². The third-order valence-electron chi connectivity index (χ3n) is 4.82. The highest BCUT2D eigenvalue weighted by Crippen LogP contribution is 2.46. The average Bonchev–Trinajstić information content (AvgIpc) is 3.28. The Morgan fingerprint density at radius 3 is 2.61 bits per heavy atom. The van der Waals surface area contributed by atoms with Gasteiger partial charge in [0.2, 0.25) is 0 Å². The number of amides is 1. The van der Waals surface area contributed by atoms with Crippen LogP contribution in [0.5, 0.6) is 0 Å². The van der Waals surface area contributed by atoms with Gasteiger partial charge in [-0.3, -0.25) is 4.79 Å². The number of furan rings is 1. The van der Waals surface area contributed by atoms with Gasteiger partial charge in [0.05, 0.1) is 30.6 Å². The molecule has 152 valence electrons. The lowest BCUT2D eigenvalue weighted by Crippen LogP contribution is -2.32. The lowest BCUT2D eigenvalue weighted by Gasteiger charge is -2.34. The fourth-order valence-electron chi connectivity index (χ4n) is 3.35. The maximum Gasteiger partial charge on any atom is 0.341 e. The van der Waals surface area contributed by atoms with Gasteiger partial charge in [-0.2, -0.15) is 0 Å². The number of ether oxygens (including phenoxy) is 2. The molecule has 1 aliphatic rings. The quantitative estimate of drug-likeness (QED) is 0.679. The summed E-state index contributed by atoms with van der Waals surface area (Å²) >= 11 is 1.39. The number of carbonyl (C=O) groups excluding carboxylic acids is 2. The lowest BCUT2D eigenvalue weighted by molar-refractivity contribution is -0.0671. The van der Waals surface area contributed by atoms with Crippen LogP contribution in [0.15, 0.2) is 22.8 Å². The maximum atomic E-state index is 12.8. The van der Waals surface area contributed by atoms with Gasteiger partial charge in [0.25, 0.3) is 5.91 Å². The molecule has 2 atom stereocenters. The van der Waals surface area contributed by atoms with E-state index in [0.717, 1.165) is 10.4 Å². The van der Waals surface area contributed by atoms with E-state index in [0.29, 0.717) is 22.9 Å². The van der Waals surface area contributed by atoms with E-state index in [1.807, 2.05) is 0 Å². The second-order valence-corrected chi connectivity index (χ2v) is 8.64. The van der Waals surface area contributed by atoms with E-state index in [2.05, 4.69) is 33.0 Å². The minimum Gasteiger partial charge on any atom is -0.462 e. The van der Waals surface area contributed by atoms with Crippen molar-refractivity contribution in [3.05, 3.63) is 40.2 Å². The highest BCUT2D eigenvalue weighted by Gasteiger charge is 2.38. The van der Waals surface area contributed by atoms with Gasteiger partial charge in [-0.25, -0.2) is 4.79 Å². The SMILES string of the molecule is CCOC(=O)c1c(NC(=O)c2ccco2)sc2c1C[C@@H](C(C)C)O[C@@H]2C(C)C. The molecule has 1 amide bonds. The van der Waals surface area contributed by atoms with Crippen molar-refractivity contribution < 1.29 is 23.5 Å². The summed E-state index contributed by atoms with van der Waals surface area (Å²) in [5.74, 6) is -0.0655. The minimum absolute atomic E-state index is 0.0105. The number of carbonyl (C=O) groups is 2. The van der Waals surface area contributed by atoms with Gasteiger partial charge in [-0.1, -0.05) is 27.7 Å². The minimum atomic E-state index is -0.415. The van der Waals surface area contributed by atoms with Crippen LogP contribution in [0.2, 0.25) is 0 Å². The Morgan fingerprint density at radius 2 is 2.04 bits per heavy atom. The predicted molar refractivity (Wildman–Crippen MR) is 108 cm³/mol. The summed E-state index contributed by atoms with van der Waals surface area (Å²) in [6, 6.07) is 3.23. The van der Waals surface area contributed by atoms with Crippen molar-refractivity contribution >= 4 is 28.2 Å². The van der Waals surface area contributed by atoms with E-state index >= 15 is 0 Å². The van der Waals surface area contributed by atoms with Gasteiger partial charge in [0.1, 0.15) is 5.00 Å². The summed E-state index contributed by atoms with van der Waals surface area (Å²) in [6.45, 7) is 10.5. The zero-order chi connectivity index (χ0) is 20.4. The lowest BCUT2D eigenvalue weighted by atomic mass is 9.89. The van der Waals surface area contributed by atoms with E-state index < -0.39 is 11.9 Å². The Balaban J connectivity index is 2.06. The van der Waals surface area contributed by atoms with Crippen molar-refractivity contribution in [3.8, 4) is 0 Å². The van der Waals surface area contributed by atoms with Gasteiger partial charge in [-0.15, -0.1) is 11.3 Å². The molecule has 1 N–H and O–H groups in total. The molecule has 0 saturated carbocycles. The molecule has 3 rings (SSSR count). The van der Waals surface area contributed by atoms with Crippen LogP contribution in [-0.2, 0) is 15.9 Å². The molecule has 2 aromatic rings. The molecular formula is C21H27NO5S. The van der Waals surface area contributed by atoms with Crippen molar-refractivity contribution in [1.82, 2.24) is 0 Å². The zero-order valence-corrected chi connectivity index (χ0v) is 17.7. The van der Waals surface area contributed by atoms with Crippen LogP contribution in [-0.4, -0.2) is 24.6 Å². The Morgan fingerprint density at radius 1 is 1.29 bits per heavy atom. The fourth-order valence-corrected chi connectivity index (χ4v) is 4.77. The first-order valence-corrected chi connectivity index (χ1v) is 10.5. The first kappa shape index (κ1) is 20.6. The Labute approximate surface area is 169 Å². The monoisotopic (exact) mass is 405 g/mol. The number of nitrogens with one attached hydrogen (secondary N) is 1. The Kier molecular flexibility index (Phi) is 6.25. The third-order valence-corrected chi connectivity index (χ3v) is 6.03. The number of hydrogen-bond donors (Lipinski definition) is 1. The highest BCUT2D eigenvalue weighted by molar-refractivity contribution is 7.17. The largest absolute Gasteiger partial charge is 0.462 e. The number of anilines is 1. The summed E-state index contributed by atoms with van der Waals surface area (Å²) in [7, 11) is 0. The van der Waals surface area contributed by atoms with Crippen LogP contribution in [0.4, 0.5) is 5.00 Å². The summed E-state index contributed by atoms with van der Waals surface area (Å²) in [6.07, 6.45) is 1.95. The number of rotatable bonds is 6. The number of hydrogen-bond acceptors (Lipinski definition) is 6. The van der Waals surface area contributed by atoms with E-state index in [4.69, 9.17) is 13.9 Å². The molecule has 0 saturated heterocycles. The molecule has 7 heteroatoms. The molecule has 0 aliphatic carbocycles. The fraction of sp³-hybridized carbons (Fsp3) is 0.524. The molecule has 0 aromatic carbocycles. The molecule has 0 fully saturated rings. The van der Waals surface area contributed by atoms with Crippen LogP contribution in [0.1, 0.15) is 72.1 Å². The molecule has 3 heterocycles. The average molecular weight is 406 g/mol. The Bertz CT molecular complexity index is 837. The van der Waals surface area contributed by atoms with E-state index in [9.17, 15) is 9.59 Å². The molecule has 0 unspecified atom stereocenters. The van der Waals surface area contributed by atoms with Crippen LogP contribution in [0.3, 0.4) is 0 Å².